The van der Waals surface area contributed by atoms with Crippen LogP contribution in [0.2, 0.25) is 0 Å². The molecule has 2 aromatic heterocycles. The highest BCUT2D eigenvalue weighted by Crippen LogP contribution is 2.28. The number of nitrogens with zero attached hydrogens (tertiary/aromatic N) is 2. The molecule has 0 aliphatic carbocycles. The molecule has 0 amide bonds. The van der Waals surface area contributed by atoms with Gasteiger partial charge in [0.1, 0.15) is 11.5 Å². The molecule has 0 aromatic carbocycles. The minimum Gasteiger partial charge on any atom is -0.456 e. The second kappa shape index (κ2) is 7.79. The van der Waals surface area contributed by atoms with Gasteiger partial charge < -0.3 is 19.3 Å². The van der Waals surface area contributed by atoms with Crippen LogP contribution in [0.15, 0.2) is 22.9 Å². The number of hydrogen-bond acceptors (Lipinski definition) is 6. The van der Waals surface area contributed by atoms with E-state index in [0.717, 1.165) is 24.6 Å². The van der Waals surface area contributed by atoms with Gasteiger partial charge in [-0.2, -0.15) is 0 Å². The fraction of sp³-hybridized carbons (Fsp3) is 0.467. The molecule has 6 heteroatoms. The molecule has 2 heterocycles. The van der Waals surface area contributed by atoms with Crippen molar-refractivity contribution in [3.63, 3.8) is 0 Å². The monoisotopic (exact) mass is 326 g/mol. The maximum atomic E-state index is 5.76. The molecule has 0 spiro atoms. The average Bonchev–Trinajstić information content (AvgIpc) is 2.99. The van der Waals surface area contributed by atoms with E-state index in [2.05, 4.69) is 48.8 Å². The van der Waals surface area contributed by atoms with Crippen molar-refractivity contribution < 1.29 is 9.47 Å². The van der Waals surface area contributed by atoms with E-state index in [-0.39, 0.29) is 6.79 Å². The first-order valence-corrected chi connectivity index (χ1v) is 8.50. The Morgan fingerprint density at radius 2 is 1.24 bits per heavy atom. The van der Waals surface area contributed by atoms with Crippen molar-refractivity contribution in [2.75, 3.05) is 35.0 Å². The third-order valence-electron chi connectivity index (χ3n) is 2.76. The van der Waals surface area contributed by atoms with Crippen molar-refractivity contribution in [3.8, 4) is 11.5 Å². The van der Waals surface area contributed by atoms with Gasteiger partial charge in [0.2, 0.25) is 6.79 Å². The van der Waals surface area contributed by atoms with Crippen molar-refractivity contribution in [2.45, 2.75) is 13.1 Å². The quantitative estimate of drug-likeness (QED) is 0.695. The Morgan fingerprint density at radius 3 is 1.62 bits per heavy atom. The SMILES string of the molecule is CN(C)Cc1sccc1OCOc1ccsc1CN(C)C. The summed E-state index contributed by atoms with van der Waals surface area (Å²) >= 11 is 3.42. The summed E-state index contributed by atoms with van der Waals surface area (Å²) in [5, 5.41) is 4.10. The van der Waals surface area contributed by atoms with Gasteiger partial charge in [-0.25, -0.2) is 0 Å². The van der Waals surface area contributed by atoms with Crippen molar-refractivity contribution in [3.05, 3.63) is 32.6 Å². The topological polar surface area (TPSA) is 24.9 Å². The first kappa shape index (κ1) is 16.3. The first-order valence-electron chi connectivity index (χ1n) is 6.74. The summed E-state index contributed by atoms with van der Waals surface area (Å²) in [6.45, 7) is 2.02. The van der Waals surface area contributed by atoms with Gasteiger partial charge in [0.05, 0.1) is 9.75 Å². The highest BCUT2D eigenvalue weighted by molar-refractivity contribution is 7.10. The lowest BCUT2D eigenvalue weighted by atomic mass is 10.4. The zero-order chi connectivity index (χ0) is 15.2. The van der Waals surface area contributed by atoms with Gasteiger partial charge in [-0.1, -0.05) is 0 Å². The lowest BCUT2D eigenvalue weighted by molar-refractivity contribution is 0.117. The van der Waals surface area contributed by atoms with Crippen LogP contribution in [0.25, 0.3) is 0 Å². The zero-order valence-corrected chi connectivity index (χ0v) is 14.6. The van der Waals surface area contributed by atoms with Gasteiger partial charge in [0, 0.05) is 13.1 Å². The van der Waals surface area contributed by atoms with Crippen LogP contribution in [0.5, 0.6) is 11.5 Å². The Balaban J connectivity index is 1.87. The second-order valence-corrected chi connectivity index (χ2v) is 7.30. The van der Waals surface area contributed by atoms with Crippen molar-refractivity contribution in [2.24, 2.45) is 0 Å². The number of hydrogen-bond donors (Lipinski definition) is 0. The van der Waals surface area contributed by atoms with Crippen LogP contribution >= 0.6 is 22.7 Å². The summed E-state index contributed by atoms with van der Waals surface area (Å²) in [7, 11) is 8.22. The van der Waals surface area contributed by atoms with Gasteiger partial charge in [-0.3, -0.25) is 0 Å². The Hall–Kier alpha value is -1.08. The van der Waals surface area contributed by atoms with Gasteiger partial charge in [-0.05, 0) is 51.1 Å². The molecule has 0 saturated carbocycles. The minimum atomic E-state index is 0.244. The number of ether oxygens (including phenoxy) is 2. The normalized spacial score (nSPS) is 11.3. The summed E-state index contributed by atoms with van der Waals surface area (Å²) in [4.78, 5) is 6.71. The molecule has 2 aromatic rings. The van der Waals surface area contributed by atoms with Crippen molar-refractivity contribution in [1.29, 1.82) is 0 Å². The summed E-state index contributed by atoms with van der Waals surface area (Å²) in [5.74, 6) is 1.83. The van der Waals surface area contributed by atoms with Crippen LogP contribution in [0.3, 0.4) is 0 Å². The zero-order valence-electron chi connectivity index (χ0n) is 13.0. The summed E-state index contributed by atoms with van der Waals surface area (Å²) < 4.78 is 11.5. The molecule has 21 heavy (non-hydrogen) atoms. The van der Waals surface area contributed by atoms with Crippen LogP contribution in [-0.2, 0) is 13.1 Å². The van der Waals surface area contributed by atoms with Crippen LogP contribution in [0.4, 0.5) is 0 Å². The van der Waals surface area contributed by atoms with Gasteiger partial charge in [0.25, 0.3) is 0 Å². The lowest BCUT2D eigenvalue weighted by Gasteiger charge is -2.13. The fourth-order valence-corrected chi connectivity index (χ4v) is 3.74. The van der Waals surface area contributed by atoms with Crippen molar-refractivity contribution in [1.82, 2.24) is 9.80 Å². The largest absolute Gasteiger partial charge is 0.456 e. The maximum Gasteiger partial charge on any atom is 0.231 e. The summed E-state index contributed by atoms with van der Waals surface area (Å²) in [6, 6.07) is 4.00. The standard InChI is InChI=1S/C15H22N2O2S2/c1-16(2)9-14-12(5-7-20-14)18-11-19-13-6-8-21-15(13)10-17(3)4/h5-8H,9-11H2,1-4H3. The molecule has 0 bridgehead atoms. The Morgan fingerprint density at radius 1 is 0.810 bits per heavy atom. The predicted molar refractivity (Wildman–Crippen MR) is 89.5 cm³/mol. The molecule has 4 nitrogen and oxygen atoms in total. The second-order valence-electron chi connectivity index (χ2n) is 5.30. The van der Waals surface area contributed by atoms with Crippen LogP contribution < -0.4 is 9.47 Å². The fourth-order valence-electron chi connectivity index (χ4n) is 1.88. The Labute approximate surface area is 134 Å². The van der Waals surface area contributed by atoms with E-state index >= 15 is 0 Å². The molecular formula is C15H22N2O2S2. The Bertz CT molecular complexity index is 501. The minimum absolute atomic E-state index is 0.244. The smallest absolute Gasteiger partial charge is 0.231 e. The molecular weight excluding hydrogens is 304 g/mol. The molecule has 0 radical (unpaired) electrons. The summed E-state index contributed by atoms with van der Waals surface area (Å²) in [6.07, 6.45) is 0. The van der Waals surface area contributed by atoms with E-state index < -0.39 is 0 Å². The molecule has 0 atom stereocenters. The number of thiophene rings is 2. The molecule has 116 valence electrons. The summed E-state index contributed by atoms with van der Waals surface area (Å²) in [5.41, 5.74) is 0. The molecule has 0 unspecified atom stereocenters. The molecule has 0 aliphatic heterocycles. The molecule has 0 saturated heterocycles. The Kier molecular flexibility index (Phi) is 6.05. The lowest BCUT2D eigenvalue weighted by Crippen LogP contribution is -2.13. The average molecular weight is 326 g/mol. The van der Waals surface area contributed by atoms with Crippen LogP contribution in [0.1, 0.15) is 9.75 Å². The van der Waals surface area contributed by atoms with E-state index in [0.29, 0.717) is 0 Å². The molecule has 0 fully saturated rings. The first-order chi connectivity index (χ1) is 10.1. The third kappa shape index (κ3) is 5.00. The third-order valence-corrected chi connectivity index (χ3v) is 4.53. The van der Waals surface area contributed by atoms with Gasteiger partial charge in [0.15, 0.2) is 0 Å². The predicted octanol–water partition coefficient (Wildman–Crippen LogP) is 3.35. The maximum absolute atomic E-state index is 5.76. The van der Waals surface area contributed by atoms with Gasteiger partial charge in [-0.15, -0.1) is 22.7 Å². The van der Waals surface area contributed by atoms with Crippen molar-refractivity contribution >= 4 is 22.7 Å². The molecule has 0 N–H and O–H groups in total. The molecule has 2 rings (SSSR count). The highest BCUT2D eigenvalue weighted by Gasteiger charge is 2.09. The van der Waals surface area contributed by atoms with Crippen LogP contribution in [0, 0.1) is 0 Å². The molecule has 0 aliphatic rings. The van der Waals surface area contributed by atoms with Crippen LogP contribution in [-0.4, -0.2) is 44.8 Å². The van der Waals surface area contributed by atoms with Gasteiger partial charge >= 0.3 is 0 Å². The highest BCUT2D eigenvalue weighted by atomic mass is 32.1. The van der Waals surface area contributed by atoms with E-state index in [9.17, 15) is 0 Å². The van der Waals surface area contributed by atoms with E-state index in [1.54, 1.807) is 22.7 Å². The van der Waals surface area contributed by atoms with E-state index in [1.165, 1.54) is 9.75 Å². The number of rotatable bonds is 8. The van der Waals surface area contributed by atoms with E-state index in [1.807, 2.05) is 12.1 Å². The van der Waals surface area contributed by atoms with E-state index in [4.69, 9.17) is 9.47 Å².